The third-order valence-electron chi connectivity index (χ3n) is 8.96. The van der Waals surface area contributed by atoms with Crippen LogP contribution in [0.2, 0.25) is 0 Å². The number of carbonyl (C=O) groups excluding carboxylic acids is 1. The van der Waals surface area contributed by atoms with Gasteiger partial charge in [-0.05, 0) is 63.3 Å². The molecule has 1 saturated heterocycles. The van der Waals surface area contributed by atoms with Crippen LogP contribution in [0.4, 0.5) is 18.9 Å². The predicted octanol–water partition coefficient (Wildman–Crippen LogP) is 4.75. The zero-order chi connectivity index (χ0) is 26.0. The molecule has 1 aliphatic heterocycles. The van der Waals surface area contributed by atoms with Crippen molar-refractivity contribution in [3.63, 3.8) is 0 Å². The van der Waals surface area contributed by atoms with Crippen LogP contribution in [0.15, 0.2) is 35.3 Å². The van der Waals surface area contributed by atoms with Gasteiger partial charge in [0.25, 0.3) is 17.9 Å². The molecule has 1 amide bonds. The minimum atomic E-state index is -2.94. The van der Waals surface area contributed by atoms with E-state index in [-0.39, 0.29) is 23.2 Å². The Kier molecular flexibility index (Phi) is 6.09. The number of fused-ring (bicyclic) bond motifs is 1. The van der Waals surface area contributed by atoms with Crippen LogP contribution < -0.4 is 16.2 Å². The van der Waals surface area contributed by atoms with Crippen LogP contribution in [-0.2, 0) is 0 Å². The fraction of sp³-hybridized carbons (Fsp3) is 0.571. The minimum Gasteiger partial charge on any atom is -0.381 e. The van der Waals surface area contributed by atoms with E-state index in [9.17, 15) is 22.8 Å². The summed E-state index contributed by atoms with van der Waals surface area (Å²) in [5.74, 6) is 0.928. The number of amides is 1. The van der Waals surface area contributed by atoms with Crippen molar-refractivity contribution in [2.45, 2.75) is 57.2 Å². The second kappa shape index (κ2) is 9.19. The molecule has 198 valence electrons. The summed E-state index contributed by atoms with van der Waals surface area (Å²) in [6.45, 7) is 3.52. The number of nitrogens with zero attached hydrogens (tertiary/aromatic N) is 2. The summed E-state index contributed by atoms with van der Waals surface area (Å²) in [6.07, 6.45) is 3.11. The summed E-state index contributed by atoms with van der Waals surface area (Å²) < 4.78 is 42.8. The van der Waals surface area contributed by atoms with E-state index in [0.717, 1.165) is 37.9 Å². The van der Waals surface area contributed by atoms with Gasteiger partial charge in [-0.15, -0.1) is 0 Å². The summed E-state index contributed by atoms with van der Waals surface area (Å²) in [4.78, 5) is 28.9. The van der Waals surface area contributed by atoms with E-state index in [4.69, 9.17) is 0 Å². The summed E-state index contributed by atoms with van der Waals surface area (Å²) >= 11 is 0. The van der Waals surface area contributed by atoms with Crippen molar-refractivity contribution in [1.82, 2.24) is 14.8 Å². The van der Waals surface area contributed by atoms with Crippen LogP contribution in [0.5, 0.6) is 0 Å². The zero-order valence-electron chi connectivity index (χ0n) is 21.1. The van der Waals surface area contributed by atoms with E-state index in [1.807, 2.05) is 0 Å². The molecular weight excluding hydrogens is 481 g/mol. The van der Waals surface area contributed by atoms with Crippen molar-refractivity contribution in [1.29, 1.82) is 0 Å². The molecular formula is C28H33F3N4O2. The maximum atomic E-state index is 14.7. The average Bonchev–Trinajstić information content (AvgIpc) is 3.71. The van der Waals surface area contributed by atoms with Crippen LogP contribution in [0.3, 0.4) is 0 Å². The normalized spacial score (nSPS) is 29.5. The molecule has 2 heterocycles. The molecule has 4 atom stereocenters. The number of aromatic nitrogens is 1. The number of carbonyl (C=O) groups is 1. The number of likely N-dealkylation sites (tertiary alicyclic amines) is 1. The van der Waals surface area contributed by atoms with Gasteiger partial charge in [-0.1, -0.05) is 18.2 Å². The lowest BCUT2D eigenvalue weighted by molar-refractivity contribution is 0.0938. The lowest BCUT2D eigenvalue weighted by Gasteiger charge is -2.37. The van der Waals surface area contributed by atoms with Crippen molar-refractivity contribution in [2.75, 3.05) is 25.5 Å². The SMILES string of the molecule is C[C@@H](NC(=O)c1cn(C2CC(C3CC3)C2)c(=O)cc1NC1[C@H]2CN(C)C[C@@H]12)c1cccc(C(F)F)c1F. The second-order valence-electron chi connectivity index (χ2n) is 11.5. The van der Waals surface area contributed by atoms with E-state index >= 15 is 0 Å². The highest BCUT2D eigenvalue weighted by Gasteiger charge is 2.55. The lowest BCUT2D eigenvalue weighted by Crippen LogP contribution is -2.36. The number of nitrogens with one attached hydrogen (secondary N) is 2. The molecule has 1 aromatic carbocycles. The molecule has 1 aromatic heterocycles. The first kappa shape index (κ1) is 24.5. The van der Waals surface area contributed by atoms with Gasteiger partial charge < -0.3 is 20.1 Å². The Labute approximate surface area is 214 Å². The summed E-state index contributed by atoms with van der Waals surface area (Å²) in [6, 6.07) is 4.78. The molecule has 2 N–H and O–H groups in total. The maximum absolute atomic E-state index is 14.7. The first-order chi connectivity index (χ1) is 17.7. The van der Waals surface area contributed by atoms with Gasteiger partial charge in [0.2, 0.25) is 0 Å². The molecule has 4 aliphatic rings. The molecule has 6 rings (SSSR count). The number of anilines is 1. The van der Waals surface area contributed by atoms with E-state index in [1.54, 1.807) is 17.7 Å². The molecule has 1 unspecified atom stereocenters. The number of halogens is 3. The lowest BCUT2D eigenvalue weighted by atomic mass is 9.77. The molecule has 3 aliphatic carbocycles. The number of hydrogen-bond donors (Lipinski definition) is 2. The molecule has 6 nitrogen and oxygen atoms in total. The quantitative estimate of drug-likeness (QED) is 0.534. The van der Waals surface area contributed by atoms with Gasteiger partial charge in [-0.2, -0.15) is 0 Å². The number of hydrogen-bond acceptors (Lipinski definition) is 4. The van der Waals surface area contributed by atoms with Gasteiger partial charge in [0.15, 0.2) is 0 Å². The third kappa shape index (κ3) is 4.56. The smallest absolute Gasteiger partial charge is 0.266 e. The molecule has 2 aromatic rings. The van der Waals surface area contributed by atoms with E-state index < -0.39 is 29.8 Å². The molecule has 37 heavy (non-hydrogen) atoms. The third-order valence-corrected chi connectivity index (χ3v) is 8.96. The Morgan fingerprint density at radius 1 is 1.08 bits per heavy atom. The highest BCUT2D eigenvalue weighted by molar-refractivity contribution is 5.99. The van der Waals surface area contributed by atoms with Crippen LogP contribution in [0.1, 0.15) is 72.6 Å². The van der Waals surface area contributed by atoms with Crippen molar-refractivity contribution < 1.29 is 18.0 Å². The standard InChI is InChI=1S/C28H33F3N4O2/c1-14(18-4-3-5-19(25(18)29)27(30)31)32-28(37)22-13-35(17-8-16(9-17)15-6-7-15)24(36)10-23(22)33-26-20-11-34(2)12-21(20)26/h3-5,10,13-17,20-21,26-27,33H,6-9,11-12H2,1-2H3,(H,32,37)/t14-,16?,17?,20-,21+,26?/m1/s1. The molecule has 3 saturated carbocycles. The van der Waals surface area contributed by atoms with Crippen molar-refractivity contribution in [3.8, 4) is 0 Å². The Bertz CT molecular complexity index is 1260. The van der Waals surface area contributed by atoms with E-state index in [0.29, 0.717) is 29.0 Å². The number of rotatable bonds is 8. The van der Waals surface area contributed by atoms with Crippen molar-refractivity contribution in [2.24, 2.45) is 23.7 Å². The fourth-order valence-electron chi connectivity index (χ4n) is 6.50. The Morgan fingerprint density at radius 2 is 1.76 bits per heavy atom. The van der Waals surface area contributed by atoms with Crippen molar-refractivity contribution in [3.05, 3.63) is 63.3 Å². The predicted molar refractivity (Wildman–Crippen MR) is 134 cm³/mol. The second-order valence-corrected chi connectivity index (χ2v) is 11.5. The molecule has 9 heteroatoms. The Hall–Kier alpha value is -2.81. The number of piperidine rings is 1. The monoisotopic (exact) mass is 514 g/mol. The number of pyridine rings is 1. The number of benzene rings is 1. The summed E-state index contributed by atoms with van der Waals surface area (Å²) in [5.41, 5.74) is -0.0159. The van der Waals surface area contributed by atoms with E-state index in [1.165, 1.54) is 31.0 Å². The van der Waals surface area contributed by atoms with Gasteiger partial charge >= 0.3 is 0 Å². The first-order valence-corrected chi connectivity index (χ1v) is 13.3. The highest BCUT2D eigenvalue weighted by Crippen LogP contribution is 2.51. The summed E-state index contributed by atoms with van der Waals surface area (Å²) in [5, 5.41) is 6.22. The minimum absolute atomic E-state index is 0.0000102. The van der Waals surface area contributed by atoms with Gasteiger partial charge in [0.1, 0.15) is 5.82 Å². The molecule has 0 radical (unpaired) electrons. The van der Waals surface area contributed by atoms with Gasteiger partial charge in [-0.3, -0.25) is 9.59 Å². The largest absolute Gasteiger partial charge is 0.381 e. The summed E-state index contributed by atoms with van der Waals surface area (Å²) in [7, 11) is 2.08. The van der Waals surface area contributed by atoms with Gasteiger partial charge in [-0.25, -0.2) is 13.2 Å². The zero-order valence-corrected chi connectivity index (χ0v) is 21.1. The number of alkyl halides is 2. The molecule has 4 fully saturated rings. The Morgan fingerprint density at radius 3 is 2.41 bits per heavy atom. The molecule has 0 spiro atoms. The highest BCUT2D eigenvalue weighted by atomic mass is 19.3. The maximum Gasteiger partial charge on any atom is 0.266 e. The van der Waals surface area contributed by atoms with Crippen LogP contribution in [0, 0.1) is 29.5 Å². The van der Waals surface area contributed by atoms with Crippen LogP contribution >= 0.6 is 0 Å². The van der Waals surface area contributed by atoms with Crippen LogP contribution in [-0.4, -0.2) is 41.6 Å². The first-order valence-electron chi connectivity index (χ1n) is 13.3. The van der Waals surface area contributed by atoms with Crippen molar-refractivity contribution >= 4 is 11.6 Å². The molecule has 0 bridgehead atoms. The van der Waals surface area contributed by atoms with E-state index in [2.05, 4.69) is 22.6 Å². The van der Waals surface area contributed by atoms with Crippen LogP contribution in [0.25, 0.3) is 0 Å². The average molecular weight is 515 g/mol. The van der Waals surface area contributed by atoms with Gasteiger partial charge in [0, 0.05) is 43.0 Å². The topological polar surface area (TPSA) is 66.4 Å². The van der Waals surface area contributed by atoms with Gasteiger partial charge in [0.05, 0.1) is 22.9 Å². The fourth-order valence-corrected chi connectivity index (χ4v) is 6.50. The Balaban J connectivity index is 1.26.